The molecule has 0 amide bonds. The molecule has 4 rings (SSSR count). The lowest BCUT2D eigenvalue weighted by atomic mass is 9.42. The van der Waals surface area contributed by atoms with E-state index in [0.717, 1.165) is 44.8 Å². The van der Waals surface area contributed by atoms with Crippen molar-refractivity contribution in [2.45, 2.75) is 65.2 Å². The quantitative estimate of drug-likeness (QED) is 0.725. The minimum Gasteiger partial charge on any atom is -0.303 e. The lowest BCUT2D eigenvalue weighted by Crippen LogP contribution is -2.57. The van der Waals surface area contributed by atoms with Crippen molar-refractivity contribution in [1.82, 2.24) is 0 Å². The summed E-state index contributed by atoms with van der Waals surface area (Å²) in [4.78, 5) is 35.1. The van der Waals surface area contributed by atoms with Crippen LogP contribution in [0.3, 0.4) is 0 Å². The number of hydrogen-bond acceptors (Lipinski definition) is 3. The fourth-order valence-electron chi connectivity index (χ4n) is 8.07. The molecule has 4 aliphatic rings. The molecule has 0 N–H and O–H groups in total. The molecule has 4 aliphatic carbocycles. The van der Waals surface area contributed by atoms with Crippen molar-refractivity contribution in [3.8, 4) is 0 Å². The van der Waals surface area contributed by atoms with Gasteiger partial charge in [0, 0.05) is 17.8 Å². The van der Waals surface area contributed by atoms with Crippen LogP contribution >= 0.6 is 0 Å². The summed E-state index contributed by atoms with van der Waals surface area (Å²) in [6.45, 7) is 4.70. The van der Waals surface area contributed by atoms with E-state index in [2.05, 4.69) is 13.8 Å². The number of carbonyl (C=O) groups excluding carboxylic acids is 3. The highest BCUT2D eigenvalue weighted by Gasteiger charge is 2.63. The van der Waals surface area contributed by atoms with Crippen molar-refractivity contribution in [2.24, 2.45) is 52.3 Å². The van der Waals surface area contributed by atoms with Gasteiger partial charge in [-0.3, -0.25) is 0 Å². The van der Waals surface area contributed by atoms with Crippen molar-refractivity contribution < 1.29 is 14.4 Å². The lowest BCUT2D eigenvalue weighted by molar-refractivity contribution is -0.157. The number of fused-ring (bicyclic) bond motifs is 5. The van der Waals surface area contributed by atoms with Crippen LogP contribution in [0.15, 0.2) is 0 Å². The Bertz CT molecular complexity index is 572. The molecule has 0 spiro atoms. The van der Waals surface area contributed by atoms with Crippen molar-refractivity contribution in [3.05, 3.63) is 0 Å². The molecular weight excluding hydrogens is 312 g/mol. The maximum absolute atomic E-state index is 12.1. The fraction of sp³-hybridized carbons (Fsp3) is 0.864. The highest BCUT2D eigenvalue weighted by atomic mass is 16.1. The maximum atomic E-state index is 12.1. The topological polar surface area (TPSA) is 51.2 Å². The predicted molar refractivity (Wildman–Crippen MR) is 95.8 cm³/mol. The Morgan fingerprint density at radius 2 is 1.64 bits per heavy atom. The van der Waals surface area contributed by atoms with Crippen LogP contribution in [0.4, 0.5) is 0 Å². The van der Waals surface area contributed by atoms with Gasteiger partial charge >= 0.3 is 0 Å². The summed E-state index contributed by atoms with van der Waals surface area (Å²) in [6, 6.07) is 0. The number of carbonyl (C=O) groups is 3. The van der Waals surface area contributed by atoms with Crippen molar-refractivity contribution in [3.63, 3.8) is 0 Å². The van der Waals surface area contributed by atoms with Crippen LogP contribution in [-0.2, 0) is 14.4 Å². The van der Waals surface area contributed by atoms with Gasteiger partial charge < -0.3 is 14.4 Å². The Morgan fingerprint density at radius 1 is 0.840 bits per heavy atom. The number of rotatable bonds is 3. The van der Waals surface area contributed by atoms with E-state index in [9.17, 15) is 14.4 Å². The van der Waals surface area contributed by atoms with Crippen LogP contribution in [0.2, 0.25) is 0 Å². The molecule has 4 unspecified atom stereocenters. The zero-order chi connectivity index (χ0) is 17.8. The predicted octanol–water partition coefficient (Wildman–Crippen LogP) is 4.08. The summed E-state index contributed by atoms with van der Waals surface area (Å²) < 4.78 is 0. The molecule has 0 aromatic heterocycles. The van der Waals surface area contributed by atoms with Crippen molar-refractivity contribution in [2.75, 3.05) is 0 Å². The average Bonchev–Trinajstić information content (AvgIpc) is 2.96. The van der Waals surface area contributed by atoms with Crippen LogP contribution < -0.4 is 0 Å². The smallest absolute Gasteiger partial charge is 0.123 e. The molecule has 0 aromatic carbocycles. The van der Waals surface area contributed by atoms with E-state index in [1.807, 2.05) is 0 Å². The largest absolute Gasteiger partial charge is 0.303 e. The Morgan fingerprint density at radius 3 is 2.32 bits per heavy atom. The van der Waals surface area contributed by atoms with Gasteiger partial charge in [0.2, 0.25) is 0 Å². The van der Waals surface area contributed by atoms with E-state index in [1.165, 1.54) is 25.4 Å². The van der Waals surface area contributed by atoms with Gasteiger partial charge in [-0.15, -0.1) is 0 Å². The van der Waals surface area contributed by atoms with Gasteiger partial charge in [-0.1, -0.05) is 13.8 Å². The van der Waals surface area contributed by atoms with Gasteiger partial charge in [0.1, 0.15) is 18.9 Å². The molecule has 25 heavy (non-hydrogen) atoms. The van der Waals surface area contributed by atoms with Gasteiger partial charge in [-0.25, -0.2) is 0 Å². The Balaban J connectivity index is 1.69. The molecule has 3 nitrogen and oxygen atoms in total. The van der Waals surface area contributed by atoms with Crippen molar-refractivity contribution >= 4 is 18.9 Å². The minimum absolute atomic E-state index is 0.0255. The third-order valence-corrected chi connectivity index (χ3v) is 9.31. The summed E-state index contributed by atoms with van der Waals surface area (Å²) in [6.07, 6.45) is 12.1. The molecule has 138 valence electrons. The maximum Gasteiger partial charge on any atom is 0.123 e. The van der Waals surface area contributed by atoms with Crippen LogP contribution in [0.25, 0.3) is 0 Å². The zero-order valence-corrected chi connectivity index (χ0v) is 15.7. The van der Waals surface area contributed by atoms with E-state index in [4.69, 9.17) is 0 Å². The molecule has 0 saturated heterocycles. The summed E-state index contributed by atoms with van der Waals surface area (Å²) in [7, 11) is 0. The second-order valence-electron chi connectivity index (χ2n) is 10.1. The first kappa shape index (κ1) is 17.4. The van der Waals surface area contributed by atoms with Crippen LogP contribution in [0.1, 0.15) is 65.2 Å². The van der Waals surface area contributed by atoms with E-state index >= 15 is 0 Å². The monoisotopic (exact) mass is 344 g/mol. The Labute approximate surface area is 151 Å². The van der Waals surface area contributed by atoms with E-state index in [1.54, 1.807) is 0 Å². The van der Waals surface area contributed by atoms with Crippen LogP contribution in [-0.4, -0.2) is 18.9 Å². The van der Waals surface area contributed by atoms with E-state index in [0.29, 0.717) is 23.7 Å². The summed E-state index contributed by atoms with van der Waals surface area (Å²) in [5.74, 6) is 2.69. The molecule has 4 saturated carbocycles. The molecular formula is C22H32O3. The third kappa shape index (κ3) is 2.33. The molecule has 9 atom stereocenters. The van der Waals surface area contributed by atoms with Crippen molar-refractivity contribution in [1.29, 1.82) is 0 Å². The highest BCUT2D eigenvalue weighted by Crippen LogP contribution is 2.68. The summed E-state index contributed by atoms with van der Waals surface area (Å²) in [5.41, 5.74) is 0.228. The Hall–Kier alpha value is -0.990. The second kappa shape index (κ2) is 6.03. The average molecular weight is 344 g/mol. The van der Waals surface area contributed by atoms with Gasteiger partial charge in [-0.05, 0) is 85.9 Å². The van der Waals surface area contributed by atoms with E-state index in [-0.39, 0.29) is 28.6 Å². The molecule has 0 radical (unpaired) electrons. The first-order chi connectivity index (χ1) is 12.0. The molecule has 0 bridgehead atoms. The molecule has 0 aliphatic heterocycles. The molecule has 0 aromatic rings. The van der Waals surface area contributed by atoms with Crippen LogP contribution in [0.5, 0.6) is 0 Å². The Kier molecular flexibility index (Phi) is 4.20. The molecule has 4 fully saturated rings. The summed E-state index contributed by atoms with van der Waals surface area (Å²) in [5, 5.41) is 0. The standard InChI is InChI=1S/C22H32O3/c1-21-8-7-14(11-23)9-16(21)3-5-18-19-6-4-17(13-25)22(19,2)10-15(12-24)20(18)21/h11-20H,3-10H2,1-2H3/t14?,15?,16?,17?,18-,19-,20-,21-,22+/m0/s1. The molecule has 0 heterocycles. The second-order valence-corrected chi connectivity index (χ2v) is 10.1. The third-order valence-electron chi connectivity index (χ3n) is 9.31. The van der Waals surface area contributed by atoms with Gasteiger partial charge in [0.05, 0.1) is 0 Å². The zero-order valence-electron chi connectivity index (χ0n) is 15.7. The molecule has 3 heteroatoms. The van der Waals surface area contributed by atoms with Crippen LogP contribution in [0, 0.1) is 52.3 Å². The number of hydrogen-bond donors (Lipinski definition) is 0. The fourth-order valence-corrected chi connectivity index (χ4v) is 8.07. The first-order valence-corrected chi connectivity index (χ1v) is 10.3. The lowest BCUT2D eigenvalue weighted by Gasteiger charge is -2.62. The minimum atomic E-state index is 0.0255. The number of aldehydes is 3. The summed E-state index contributed by atoms with van der Waals surface area (Å²) >= 11 is 0. The van der Waals surface area contributed by atoms with E-state index < -0.39 is 0 Å². The normalized spacial score (nSPS) is 54.7. The highest BCUT2D eigenvalue weighted by molar-refractivity contribution is 5.59. The van der Waals surface area contributed by atoms with Gasteiger partial charge in [0.25, 0.3) is 0 Å². The van der Waals surface area contributed by atoms with Gasteiger partial charge in [-0.2, -0.15) is 0 Å². The first-order valence-electron chi connectivity index (χ1n) is 10.3. The van der Waals surface area contributed by atoms with Gasteiger partial charge in [0.15, 0.2) is 0 Å². The SMILES string of the molecule is C[C@]12CCC(C=O)CC1CC[C@@H]1[C@@H]2C(C=O)C[C@]2(C)C(C=O)CC[C@@H]12.